The molecule has 3 aromatic rings. The molecule has 1 N–H and O–H groups in total. The van der Waals surface area contributed by atoms with Crippen LogP contribution in [0.2, 0.25) is 0 Å². The van der Waals surface area contributed by atoms with Crippen LogP contribution < -0.4 is 5.32 Å². The van der Waals surface area contributed by atoms with Gasteiger partial charge in [-0.3, -0.25) is 4.98 Å². The van der Waals surface area contributed by atoms with Gasteiger partial charge in [0, 0.05) is 13.2 Å². The minimum Gasteiger partial charge on any atom is -0.372 e. The van der Waals surface area contributed by atoms with Crippen LogP contribution in [0, 0.1) is 13.8 Å². The van der Waals surface area contributed by atoms with Crippen LogP contribution in [0.4, 0.5) is 5.82 Å². The molecule has 0 fully saturated rings. The van der Waals surface area contributed by atoms with Crippen LogP contribution in [0.1, 0.15) is 11.1 Å². The minimum absolute atomic E-state index is 0.678. The predicted molar refractivity (Wildman–Crippen MR) is 79.7 cm³/mol. The van der Waals surface area contributed by atoms with E-state index in [2.05, 4.69) is 26.3 Å². The van der Waals surface area contributed by atoms with E-state index in [1.807, 2.05) is 38.5 Å². The van der Waals surface area contributed by atoms with Gasteiger partial charge in [-0.05, 0) is 36.4 Å². The lowest BCUT2D eigenvalue weighted by Crippen LogP contribution is -1.99. The third-order valence-corrected chi connectivity index (χ3v) is 3.80. The zero-order valence-electron chi connectivity index (χ0n) is 11.1. The second-order valence-electron chi connectivity index (χ2n) is 4.46. The molecule has 0 spiro atoms. The number of nitrogens with one attached hydrogen (secondary N) is 1. The highest BCUT2D eigenvalue weighted by molar-refractivity contribution is 7.16. The average Bonchev–Trinajstić information content (AvgIpc) is 2.85. The summed E-state index contributed by atoms with van der Waals surface area (Å²) in [6.45, 7) is 4.07. The molecule has 5 heteroatoms. The Labute approximate surface area is 115 Å². The summed E-state index contributed by atoms with van der Waals surface area (Å²) in [7, 11) is 1.87. The molecule has 3 heterocycles. The van der Waals surface area contributed by atoms with Crippen molar-refractivity contribution in [2.45, 2.75) is 13.8 Å². The van der Waals surface area contributed by atoms with Crippen LogP contribution >= 0.6 is 11.3 Å². The van der Waals surface area contributed by atoms with Gasteiger partial charge in [0.25, 0.3) is 0 Å². The van der Waals surface area contributed by atoms with Crippen molar-refractivity contribution in [3.63, 3.8) is 0 Å². The van der Waals surface area contributed by atoms with Gasteiger partial charge in [0.15, 0.2) is 5.82 Å². The van der Waals surface area contributed by atoms with Gasteiger partial charge in [0.2, 0.25) is 0 Å². The largest absolute Gasteiger partial charge is 0.372 e. The molecule has 0 aliphatic carbocycles. The molecule has 0 radical (unpaired) electrons. The molecule has 0 bridgehead atoms. The third-order valence-electron chi connectivity index (χ3n) is 2.99. The number of anilines is 1. The number of pyridine rings is 1. The summed E-state index contributed by atoms with van der Waals surface area (Å²) in [5.41, 5.74) is 3.09. The van der Waals surface area contributed by atoms with E-state index >= 15 is 0 Å². The van der Waals surface area contributed by atoms with Crippen LogP contribution in [0.25, 0.3) is 21.7 Å². The predicted octanol–water partition coefficient (Wildman–Crippen LogP) is 3.41. The van der Waals surface area contributed by atoms with E-state index in [1.54, 1.807) is 11.3 Å². The first-order chi connectivity index (χ1) is 9.19. The van der Waals surface area contributed by atoms with E-state index in [-0.39, 0.29) is 0 Å². The highest BCUT2D eigenvalue weighted by Gasteiger charge is 2.12. The maximum Gasteiger partial charge on any atom is 0.181 e. The maximum absolute atomic E-state index is 4.61. The zero-order chi connectivity index (χ0) is 13.4. The fraction of sp³-hybridized carbons (Fsp3) is 0.214. The number of aromatic nitrogens is 3. The molecular weight excluding hydrogens is 256 g/mol. The van der Waals surface area contributed by atoms with E-state index in [4.69, 9.17) is 0 Å². The molecule has 19 heavy (non-hydrogen) atoms. The van der Waals surface area contributed by atoms with Crippen molar-refractivity contribution in [2.75, 3.05) is 12.4 Å². The van der Waals surface area contributed by atoms with E-state index in [1.165, 1.54) is 0 Å². The topological polar surface area (TPSA) is 50.7 Å². The van der Waals surface area contributed by atoms with Gasteiger partial charge < -0.3 is 5.32 Å². The second kappa shape index (κ2) is 4.59. The molecule has 0 saturated carbocycles. The monoisotopic (exact) mass is 270 g/mol. The summed E-state index contributed by atoms with van der Waals surface area (Å²) in [4.78, 5) is 14.6. The van der Waals surface area contributed by atoms with Crippen molar-refractivity contribution in [1.82, 2.24) is 15.0 Å². The van der Waals surface area contributed by atoms with Crippen LogP contribution in [0.15, 0.2) is 23.7 Å². The number of nitrogens with zero attached hydrogens (tertiary/aromatic N) is 3. The lowest BCUT2D eigenvalue weighted by Gasteiger charge is -2.07. The number of hydrogen-bond donors (Lipinski definition) is 1. The fourth-order valence-electron chi connectivity index (χ4n) is 2.10. The molecule has 0 unspecified atom stereocenters. The van der Waals surface area contributed by atoms with Gasteiger partial charge >= 0.3 is 0 Å². The molecule has 0 amide bonds. The highest BCUT2D eigenvalue weighted by atomic mass is 32.1. The lowest BCUT2D eigenvalue weighted by atomic mass is 10.1. The van der Waals surface area contributed by atoms with Gasteiger partial charge in [-0.15, -0.1) is 11.3 Å². The van der Waals surface area contributed by atoms with Crippen molar-refractivity contribution in [3.05, 3.63) is 34.8 Å². The molecule has 0 saturated heterocycles. The summed E-state index contributed by atoms with van der Waals surface area (Å²) in [5, 5.41) is 6.21. The Balaban J connectivity index is 2.24. The highest BCUT2D eigenvalue weighted by Crippen LogP contribution is 2.28. The first-order valence-corrected chi connectivity index (χ1v) is 6.93. The normalized spacial score (nSPS) is 10.9. The van der Waals surface area contributed by atoms with E-state index in [0.717, 1.165) is 32.9 Å². The Bertz CT molecular complexity index is 748. The van der Waals surface area contributed by atoms with Gasteiger partial charge in [-0.1, -0.05) is 6.07 Å². The standard InChI is InChI=1S/C14H14N4S/c1-8-6-9(2)11(16-7-8)13-17-12(15-3)10-4-5-19-14(10)18-13/h4-7H,1-3H3,(H,15,17,18). The van der Waals surface area contributed by atoms with E-state index in [9.17, 15) is 0 Å². The average molecular weight is 270 g/mol. The number of fused-ring (bicyclic) bond motifs is 1. The Morgan fingerprint density at radius 2 is 2.05 bits per heavy atom. The van der Waals surface area contributed by atoms with Crippen LogP contribution in [0.3, 0.4) is 0 Å². The van der Waals surface area contributed by atoms with Crippen molar-refractivity contribution < 1.29 is 0 Å². The Kier molecular flexibility index (Phi) is 2.91. The maximum atomic E-state index is 4.61. The number of aryl methyl sites for hydroxylation is 2. The van der Waals surface area contributed by atoms with Crippen LogP contribution in [-0.4, -0.2) is 22.0 Å². The van der Waals surface area contributed by atoms with Gasteiger partial charge in [-0.25, -0.2) is 9.97 Å². The molecule has 96 valence electrons. The number of hydrogen-bond acceptors (Lipinski definition) is 5. The lowest BCUT2D eigenvalue weighted by molar-refractivity contribution is 1.14. The molecular formula is C14H14N4S. The number of thiophene rings is 1. The van der Waals surface area contributed by atoms with Crippen LogP contribution in [0.5, 0.6) is 0 Å². The quantitative estimate of drug-likeness (QED) is 0.775. The molecule has 0 aliphatic rings. The van der Waals surface area contributed by atoms with E-state index < -0.39 is 0 Å². The van der Waals surface area contributed by atoms with E-state index in [0.29, 0.717) is 5.82 Å². The minimum atomic E-state index is 0.678. The second-order valence-corrected chi connectivity index (χ2v) is 5.36. The smallest absolute Gasteiger partial charge is 0.181 e. The van der Waals surface area contributed by atoms with Gasteiger partial charge in [-0.2, -0.15) is 0 Å². The van der Waals surface area contributed by atoms with Crippen LogP contribution in [-0.2, 0) is 0 Å². The molecule has 3 aromatic heterocycles. The van der Waals surface area contributed by atoms with Crippen molar-refractivity contribution in [1.29, 1.82) is 0 Å². The summed E-state index contributed by atoms with van der Waals surface area (Å²) >= 11 is 1.62. The molecule has 3 rings (SSSR count). The zero-order valence-corrected chi connectivity index (χ0v) is 11.9. The molecule has 0 aliphatic heterocycles. The van der Waals surface area contributed by atoms with Gasteiger partial charge in [0.05, 0.1) is 5.39 Å². The van der Waals surface area contributed by atoms with Crippen molar-refractivity contribution >= 4 is 27.4 Å². The fourth-order valence-corrected chi connectivity index (χ4v) is 2.87. The Morgan fingerprint density at radius 3 is 2.79 bits per heavy atom. The Hall–Kier alpha value is -2.01. The van der Waals surface area contributed by atoms with Gasteiger partial charge in [0.1, 0.15) is 16.3 Å². The first kappa shape index (κ1) is 12.0. The molecule has 0 aromatic carbocycles. The molecule has 0 atom stereocenters. The van der Waals surface area contributed by atoms with Crippen molar-refractivity contribution in [3.8, 4) is 11.5 Å². The SMILES string of the molecule is CNc1nc(-c2ncc(C)cc2C)nc2sccc12. The summed E-state index contributed by atoms with van der Waals surface area (Å²) in [6, 6.07) is 4.13. The molecule has 4 nitrogen and oxygen atoms in total. The first-order valence-electron chi connectivity index (χ1n) is 6.05. The summed E-state index contributed by atoms with van der Waals surface area (Å²) < 4.78 is 0. The Morgan fingerprint density at radius 1 is 1.21 bits per heavy atom. The number of rotatable bonds is 2. The third kappa shape index (κ3) is 2.06. The van der Waals surface area contributed by atoms with Crippen molar-refractivity contribution in [2.24, 2.45) is 0 Å². The summed E-state index contributed by atoms with van der Waals surface area (Å²) in [6.07, 6.45) is 1.85. The summed E-state index contributed by atoms with van der Waals surface area (Å²) in [5.74, 6) is 1.53.